The van der Waals surface area contributed by atoms with Crippen molar-refractivity contribution in [2.75, 3.05) is 15.5 Å². The number of benzene rings is 3. The van der Waals surface area contributed by atoms with Gasteiger partial charge in [0.1, 0.15) is 0 Å². The molecule has 10 nitrogen and oxygen atoms in total. The Morgan fingerprint density at radius 3 is 2.34 bits per heavy atom. The fraction of sp³-hybridized carbons (Fsp3) is 0.355. The monoisotopic (exact) mass is 555 g/mol. The molecule has 1 saturated carbocycles. The van der Waals surface area contributed by atoms with Crippen LogP contribution in [0.2, 0.25) is 0 Å². The molecule has 1 aliphatic carbocycles. The number of carbonyl (C=O) groups is 1. The Labute approximate surface area is 239 Å². The lowest BCUT2D eigenvalue weighted by Crippen LogP contribution is -2.58. The molecule has 0 spiro atoms. The smallest absolute Gasteiger partial charge is 0.323 e. The highest BCUT2D eigenvalue weighted by Gasteiger charge is 2.41. The van der Waals surface area contributed by atoms with Crippen molar-refractivity contribution < 1.29 is 15.0 Å². The molecule has 1 heterocycles. The normalized spacial score (nSPS) is 14.2. The number of aromatic amines is 1. The molecule has 5 N–H and O–H groups in total. The van der Waals surface area contributed by atoms with Gasteiger partial charge in [-0.1, -0.05) is 81.1 Å². The number of rotatable bonds is 8. The van der Waals surface area contributed by atoms with E-state index >= 15 is 0 Å². The Hall–Kier alpha value is -4.28. The fourth-order valence-electron chi connectivity index (χ4n) is 5.40. The predicted octanol–water partition coefficient (Wildman–Crippen LogP) is 5.92. The van der Waals surface area contributed by atoms with E-state index in [4.69, 9.17) is 0 Å². The van der Waals surface area contributed by atoms with Gasteiger partial charge in [0.2, 0.25) is 11.7 Å². The van der Waals surface area contributed by atoms with Crippen LogP contribution >= 0.6 is 0 Å². The van der Waals surface area contributed by atoms with E-state index in [1.165, 1.54) is 0 Å². The number of aryl methyl sites for hydroxylation is 1. The van der Waals surface area contributed by atoms with Gasteiger partial charge < -0.3 is 25.7 Å². The zero-order valence-electron chi connectivity index (χ0n) is 23.6. The number of hydrogen-bond donors (Lipinski definition) is 5. The first-order valence-electron chi connectivity index (χ1n) is 14.1. The number of carbonyl (C=O) groups excluding carboxylic acids is 1. The number of nitrogens with one attached hydrogen (secondary N) is 3. The molecule has 3 aromatic carbocycles. The minimum absolute atomic E-state index is 0.0978. The molecule has 1 aliphatic rings. The molecule has 1 fully saturated rings. The average Bonchev–Trinajstić information content (AvgIpc) is 3.51. The zero-order chi connectivity index (χ0) is 29.0. The van der Waals surface area contributed by atoms with Crippen molar-refractivity contribution in [3.8, 4) is 22.5 Å². The Morgan fingerprint density at radius 2 is 1.68 bits per heavy atom. The molecule has 10 heteroatoms. The van der Waals surface area contributed by atoms with Crippen molar-refractivity contribution in [1.29, 1.82) is 0 Å². The van der Waals surface area contributed by atoms with Gasteiger partial charge >= 0.3 is 6.03 Å². The Balaban J connectivity index is 1.60. The van der Waals surface area contributed by atoms with E-state index in [1.807, 2.05) is 73.7 Å². The van der Waals surface area contributed by atoms with Crippen molar-refractivity contribution in [3.63, 3.8) is 0 Å². The van der Waals surface area contributed by atoms with Crippen LogP contribution in [0.25, 0.3) is 22.5 Å². The van der Waals surface area contributed by atoms with Crippen molar-refractivity contribution in [2.45, 2.75) is 64.8 Å². The van der Waals surface area contributed by atoms with Crippen molar-refractivity contribution in [3.05, 3.63) is 72.3 Å². The highest BCUT2D eigenvalue weighted by atomic mass is 16.5. The summed E-state index contributed by atoms with van der Waals surface area (Å²) in [6.45, 7) is 5.55. The van der Waals surface area contributed by atoms with Gasteiger partial charge in [-0.05, 0) is 60.4 Å². The molecule has 0 bridgehead atoms. The summed E-state index contributed by atoms with van der Waals surface area (Å²) in [5, 5.41) is 43.3. The number of hydrogen-bond acceptors (Lipinski definition) is 7. The van der Waals surface area contributed by atoms with E-state index in [1.54, 1.807) is 18.7 Å². The summed E-state index contributed by atoms with van der Waals surface area (Å²) in [6, 6.07) is 20.3. The summed E-state index contributed by atoms with van der Waals surface area (Å²) in [4.78, 5) is 15.0. The lowest BCUT2D eigenvalue weighted by Gasteiger charge is -2.46. The third-order valence-electron chi connectivity index (χ3n) is 7.71. The van der Waals surface area contributed by atoms with Crippen LogP contribution in [0.1, 0.15) is 51.5 Å². The van der Waals surface area contributed by atoms with Gasteiger partial charge in [0.25, 0.3) is 0 Å². The Morgan fingerprint density at radius 1 is 0.976 bits per heavy atom. The largest absolute Gasteiger partial charge is 0.349 e. The van der Waals surface area contributed by atoms with E-state index in [0.29, 0.717) is 22.9 Å². The number of aliphatic hydroxyl groups is 2. The van der Waals surface area contributed by atoms with Gasteiger partial charge in [-0.2, -0.15) is 5.21 Å². The summed E-state index contributed by atoms with van der Waals surface area (Å²) in [7, 11) is 0. The molecule has 0 unspecified atom stereocenters. The number of tetrazole rings is 1. The number of amides is 2. The summed E-state index contributed by atoms with van der Waals surface area (Å²) < 4.78 is 0. The second-order valence-electron chi connectivity index (χ2n) is 11.0. The number of H-pyrrole nitrogens is 1. The van der Waals surface area contributed by atoms with Crippen LogP contribution in [0.3, 0.4) is 0 Å². The van der Waals surface area contributed by atoms with E-state index in [-0.39, 0.29) is 6.04 Å². The maximum Gasteiger partial charge on any atom is 0.323 e. The van der Waals surface area contributed by atoms with E-state index in [9.17, 15) is 15.0 Å². The second-order valence-corrected chi connectivity index (χ2v) is 11.0. The average molecular weight is 556 g/mol. The maximum absolute atomic E-state index is 13.3. The predicted molar refractivity (Wildman–Crippen MR) is 160 cm³/mol. The second kappa shape index (κ2) is 12.1. The molecule has 0 atom stereocenters. The van der Waals surface area contributed by atoms with Crippen molar-refractivity contribution in [1.82, 2.24) is 20.6 Å². The Kier molecular flexibility index (Phi) is 8.32. The van der Waals surface area contributed by atoms with Gasteiger partial charge in [-0.3, -0.25) is 0 Å². The summed E-state index contributed by atoms with van der Waals surface area (Å²) in [5.74, 6) is -2.17. The third-order valence-corrected chi connectivity index (χ3v) is 7.71. The summed E-state index contributed by atoms with van der Waals surface area (Å²) >= 11 is 0. The molecule has 2 amide bonds. The molecule has 0 saturated heterocycles. The van der Waals surface area contributed by atoms with Crippen LogP contribution in [-0.2, 0) is 0 Å². The van der Waals surface area contributed by atoms with Crippen LogP contribution in [0.5, 0.6) is 0 Å². The number of anilines is 3. The van der Waals surface area contributed by atoms with E-state index in [0.717, 1.165) is 54.4 Å². The molecule has 214 valence electrons. The van der Waals surface area contributed by atoms with Gasteiger partial charge in [-0.15, -0.1) is 10.2 Å². The maximum atomic E-state index is 13.3. The SMILES string of the molecule is Cc1ccc(NC(=O)Nc2cc(-c3ccccc3-c3nn[nH]n3)ccc2N(C2CCCCC2)C(O)(O)C(C)C)cc1. The van der Waals surface area contributed by atoms with Gasteiger partial charge in [0.05, 0.1) is 11.4 Å². The molecule has 5 rings (SSSR count). The molecule has 0 aliphatic heterocycles. The first-order chi connectivity index (χ1) is 19.7. The van der Waals surface area contributed by atoms with E-state index < -0.39 is 17.9 Å². The minimum atomic E-state index is -2.13. The molecule has 0 radical (unpaired) electrons. The first kappa shape index (κ1) is 28.3. The summed E-state index contributed by atoms with van der Waals surface area (Å²) in [5.41, 5.74) is 5.14. The fourth-order valence-corrected chi connectivity index (χ4v) is 5.40. The molecule has 1 aromatic heterocycles. The molecule has 4 aromatic rings. The van der Waals surface area contributed by atoms with Crippen molar-refractivity contribution in [2.24, 2.45) is 5.92 Å². The Bertz CT molecular complexity index is 1460. The molecular formula is C31H37N7O3. The lowest BCUT2D eigenvalue weighted by molar-refractivity contribution is -0.196. The molecular weight excluding hydrogens is 518 g/mol. The quantitative estimate of drug-likeness (QED) is 0.170. The van der Waals surface area contributed by atoms with Gasteiger partial charge in [-0.25, -0.2) is 4.79 Å². The summed E-state index contributed by atoms with van der Waals surface area (Å²) in [6.07, 6.45) is 4.77. The number of aromatic nitrogens is 4. The van der Waals surface area contributed by atoms with Gasteiger partial charge in [0.15, 0.2) is 0 Å². The topological polar surface area (TPSA) is 139 Å². The van der Waals surface area contributed by atoms with Crippen LogP contribution in [0.4, 0.5) is 21.9 Å². The molecule has 41 heavy (non-hydrogen) atoms. The standard InChI is InChI=1S/C31H37N7O3/c1-20(2)31(40,41)38(24-9-5-4-6-10-24)28-18-15-22(25-11-7-8-12-26(25)29-34-36-37-35-29)19-27(28)33-30(39)32-23-16-13-21(3)14-17-23/h7-8,11-20,24,40-41H,4-6,9-10H2,1-3H3,(H2,32,33,39)(H,34,35,36,37). The lowest BCUT2D eigenvalue weighted by atomic mass is 9.91. The van der Waals surface area contributed by atoms with Crippen LogP contribution < -0.4 is 15.5 Å². The zero-order valence-corrected chi connectivity index (χ0v) is 23.6. The van der Waals surface area contributed by atoms with Gasteiger partial charge in [0, 0.05) is 23.2 Å². The highest BCUT2D eigenvalue weighted by molar-refractivity contribution is 6.02. The minimum Gasteiger partial charge on any atom is -0.349 e. The van der Waals surface area contributed by atoms with Crippen LogP contribution in [0, 0.1) is 12.8 Å². The van der Waals surface area contributed by atoms with Crippen LogP contribution in [0.15, 0.2) is 66.7 Å². The van der Waals surface area contributed by atoms with Crippen molar-refractivity contribution >= 4 is 23.1 Å². The number of urea groups is 1. The van der Waals surface area contributed by atoms with E-state index in [2.05, 4.69) is 31.3 Å². The third kappa shape index (κ3) is 6.23. The highest BCUT2D eigenvalue weighted by Crippen LogP contribution is 2.41. The van der Waals surface area contributed by atoms with Crippen LogP contribution in [-0.4, -0.2) is 48.8 Å². The number of nitrogens with zero attached hydrogens (tertiary/aromatic N) is 4. The first-order valence-corrected chi connectivity index (χ1v) is 14.1.